The Balaban J connectivity index is 1.60. The second-order valence-electron chi connectivity index (χ2n) is 6.61. The molecule has 148 valence electrons. The molecule has 0 aromatic carbocycles. The van der Waals surface area contributed by atoms with Crippen LogP contribution >= 0.6 is 11.3 Å². The number of aliphatic imine (C=N–C) groups is 1. The van der Waals surface area contributed by atoms with Crippen LogP contribution in [0, 0.1) is 6.92 Å². The lowest BCUT2D eigenvalue weighted by atomic mass is 10.2. The molecule has 2 aromatic rings. The highest BCUT2D eigenvalue weighted by molar-refractivity contribution is 7.10. The van der Waals surface area contributed by atoms with Crippen molar-refractivity contribution in [3.8, 4) is 0 Å². The van der Waals surface area contributed by atoms with E-state index in [4.69, 9.17) is 9.73 Å². The molecule has 1 aliphatic heterocycles. The van der Waals surface area contributed by atoms with Crippen LogP contribution in [-0.2, 0) is 11.3 Å². The Bertz CT molecular complexity index is 693. The lowest BCUT2D eigenvalue weighted by molar-refractivity contribution is 0.0186. The number of nitrogens with zero attached hydrogens (tertiary/aromatic N) is 4. The standard InChI is InChI=1S/C19H30N6OS/c1-3-20-19(21-6-7-25-15-16(2)13-23-25)22-14-17(18-5-4-12-27-18)24-8-10-26-11-9-24/h4-5,12-13,15,17H,3,6-11,14H2,1-2H3,(H2,20,21,22). The molecule has 1 aliphatic rings. The number of ether oxygens (including phenoxy) is 1. The molecule has 1 saturated heterocycles. The summed E-state index contributed by atoms with van der Waals surface area (Å²) >= 11 is 1.80. The first kappa shape index (κ1) is 19.9. The van der Waals surface area contributed by atoms with E-state index in [1.54, 1.807) is 11.3 Å². The molecular weight excluding hydrogens is 360 g/mol. The zero-order valence-electron chi connectivity index (χ0n) is 16.2. The van der Waals surface area contributed by atoms with Gasteiger partial charge in [-0.25, -0.2) is 0 Å². The Morgan fingerprint density at radius 2 is 2.22 bits per heavy atom. The molecule has 0 spiro atoms. The van der Waals surface area contributed by atoms with Crippen molar-refractivity contribution in [2.24, 2.45) is 4.99 Å². The summed E-state index contributed by atoms with van der Waals surface area (Å²) < 4.78 is 7.47. The molecule has 0 radical (unpaired) electrons. The number of hydrogen-bond donors (Lipinski definition) is 2. The molecule has 3 rings (SSSR count). The van der Waals surface area contributed by atoms with Crippen LogP contribution in [-0.4, -0.2) is 66.6 Å². The lowest BCUT2D eigenvalue weighted by Gasteiger charge is -2.33. The summed E-state index contributed by atoms with van der Waals surface area (Å²) in [5.41, 5.74) is 1.18. The average molecular weight is 391 g/mol. The van der Waals surface area contributed by atoms with E-state index in [-0.39, 0.29) is 0 Å². The fourth-order valence-electron chi connectivity index (χ4n) is 3.15. The van der Waals surface area contributed by atoms with E-state index >= 15 is 0 Å². The van der Waals surface area contributed by atoms with Crippen molar-refractivity contribution in [3.05, 3.63) is 40.3 Å². The number of morpholine rings is 1. The monoisotopic (exact) mass is 390 g/mol. The number of hydrogen-bond acceptors (Lipinski definition) is 5. The van der Waals surface area contributed by atoms with Crippen LogP contribution in [0.25, 0.3) is 0 Å². The highest BCUT2D eigenvalue weighted by Gasteiger charge is 2.23. The molecule has 1 atom stereocenters. The third-order valence-electron chi connectivity index (χ3n) is 4.52. The third-order valence-corrected chi connectivity index (χ3v) is 5.49. The van der Waals surface area contributed by atoms with E-state index in [1.807, 2.05) is 10.9 Å². The molecule has 8 heteroatoms. The Hall–Kier alpha value is -1.90. The maximum atomic E-state index is 5.52. The molecule has 3 heterocycles. The summed E-state index contributed by atoms with van der Waals surface area (Å²) in [5, 5.41) is 13.2. The minimum atomic E-state index is 0.304. The molecular formula is C19H30N6OS. The van der Waals surface area contributed by atoms with E-state index in [0.717, 1.165) is 58.4 Å². The second-order valence-corrected chi connectivity index (χ2v) is 7.59. The van der Waals surface area contributed by atoms with E-state index in [0.29, 0.717) is 6.04 Å². The summed E-state index contributed by atoms with van der Waals surface area (Å²) in [6.07, 6.45) is 3.93. The fourth-order valence-corrected chi connectivity index (χ4v) is 4.01. The van der Waals surface area contributed by atoms with Crippen LogP contribution < -0.4 is 10.6 Å². The predicted octanol–water partition coefficient (Wildman–Crippen LogP) is 1.88. The highest BCUT2D eigenvalue weighted by atomic mass is 32.1. The van der Waals surface area contributed by atoms with Crippen molar-refractivity contribution >= 4 is 17.3 Å². The number of aryl methyl sites for hydroxylation is 1. The van der Waals surface area contributed by atoms with Crippen LogP contribution in [0.3, 0.4) is 0 Å². The molecule has 7 nitrogen and oxygen atoms in total. The van der Waals surface area contributed by atoms with Gasteiger partial charge >= 0.3 is 0 Å². The van der Waals surface area contributed by atoms with Gasteiger partial charge in [-0.3, -0.25) is 14.6 Å². The summed E-state index contributed by atoms with van der Waals surface area (Å²) in [6.45, 7) is 10.8. The maximum absolute atomic E-state index is 5.52. The van der Waals surface area contributed by atoms with Crippen molar-refractivity contribution in [1.29, 1.82) is 0 Å². The van der Waals surface area contributed by atoms with Gasteiger partial charge in [0.15, 0.2) is 5.96 Å². The van der Waals surface area contributed by atoms with Gasteiger partial charge in [0.1, 0.15) is 0 Å². The van der Waals surface area contributed by atoms with Gasteiger partial charge in [0, 0.05) is 37.3 Å². The van der Waals surface area contributed by atoms with Gasteiger partial charge in [0.2, 0.25) is 0 Å². The van der Waals surface area contributed by atoms with E-state index < -0.39 is 0 Å². The molecule has 0 amide bonds. The van der Waals surface area contributed by atoms with Crippen molar-refractivity contribution < 1.29 is 4.74 Å². The summed E-state index contributed by atoms with van der Waals surface area (Å²) in [4.78, 5) is 8.72. The van der Waals surface area contributed by atoms with Crippen molar-refractivity contribution in [2.45, 2.75) is 26.4 Å². The zero-order valence-corrected chi connectivity index (χ0v) is 17.0. The van der Waals surface area contributed by atoms with Gasteiger partial charge in [-0.15, -0.1) is 11.3 Å². The molecule has 1 unspecified atom stereocenters. The van der Waals surface area contributed by atoms with Crippen LogP contribution in [0.15, 0.2) is 34.9 Å². The predicted molar refractivity (Wildman–Crippen MR) is 110 cm³/mol. The number of thiophene rings is 1. The largest absolute Gasteiger partial charge is 0.379 e. The third kappa shape index (κ3) is 6.05. The Morgan fingerprint density at radius 1 is 1.37 bits per heavy atom. The maximum Gasteiger partial charge on any atom is 0.191 e. The summed E-state index contributed by atoms with van der Waals surface area (Å²) in [6, 6.07) is 4.63. The number of rotatable bonds is 8. The van der Waals surface area contributed by atoms with Crippen LogP contribution in [0.4, 0.5) is 0 Å². The number of nitrogens with one attached hydrogen (secondary N) is 2. The topological polar surface area (TPSA) is 66.7 Å². The van der Waals surface area contributed by atoms with Gasteiger partial charge in [0.25, 0.3) is 0 Å². The van der Waals surface area contributed by atoms with E-state index in [1.165, 1.54) is 10.4 Å². The minimum absolute atomic E-state index is 0.304. The summed E-state index contributed by atoms with van der Waals surface area (Å²) in [5.74, 6) is 0.858. The second kappa shape index (κ2) is 10.4. The molecule has 0 saturated carbocycles. The van der Waals surface area contributed by atoms with Crippen LogP contribution in [0.5, 0.6) is 0 Å². The van der Waals surface area contributed by atoms with Gasteiger partial charge in [0.05, 0.1) is 38.5 Å². The first-order valence-corrected chi connectivity index (χ1v) is 10.5. The first-order valence-electron chi connectivity index (χ1n) is 9.62. The molecule has 2 aromatic heterocycles. The Morgan fingerprint density at radius 3 is 2.89 bits per heavy atom. The Labute approximate surface area is 165 Å². The number of aromatic nitrogens is 2. The SMILES string of the molecule is CCNC(=NCC(c1cccs1)N1CCOCC1)NCCn1cc(C)cn1. The molecule has 27 heavy (non-hydrogen) atoms. The smallest absolute Gasteiger partial charge is 0.191 e. The normalized spacial score (nSPS) is 17.0. The highest BCUT2D eigenvalue weighted by Crippen LogP contribution is 2.26. The van der Waals surface area contributed by atoms with Crippen molar-refractivity contribution in [2.75, 3.05) is 45.9 Å². The number of guanidine groups is 1. The van der Waals surface area contributed by atoms with E-state index in [9.17, 15) is 0 Å². The molecule has 0 aliphatic carbocycles. The summed E-state index contributed by atoms with van der Waals surface area (Å²) in [7, 11) is 0. The molecule has 2 N–H and O–H groups in total. The van der Waals surface area contributed by atoms with Gasteiger partial charge < -0.3 is 15.4 Å². The van der Waals surface area contributed by atoms with Crippen molar-refractivity contribution in [1.82, 2.24) is 25.3 Å². The first-order chi connectivity index (χ1) is 13.3. The van der Waals surface area contributed by atoms with Gasteiger partial charge in [-0.2, -0.15) is 5.10 Å². The van der Waals surface area contributed by atoms with Gasteiger partial charge in [-0.1, -0.05) is 6.07 Å². The van der Waals surface area contributed by atoms with Crippen molar-refractivity contribution in [3.63, 3.8) is 0 Å². The Kier molecular flexibility index (Phi) is 7.67. The van der Waals surface area contributed by atoms with Crippen LogP contribution in [0.2, 0.25) is 0 Å². The molecule has 1 fully saturated rings. The van der Waals surface area contributed by atoms with E-state index in [2.05, 4.69) is 58.2 Å². The van der Waals surface area contributed by atoms with Gasteiger partial charge in [-0.05, 0) is 30.9 Å². The minimum Gasteiger partial charge on any atom is -0.379 e. The fraction of sp³-hybridized carbons (Fsp3) is 0.579. The lowest BCUT2D eigenvalue weighted by Crippen LogP contribution is -2.42. The average Bonchev–Trinajstić information content (AvgIpc) is 3.35. The zero-order chi connectivity index (χ0) is 18.9. The van der Waals surface area contributed by atoms with Crippen LogP contribution in [0.1, 0.15) is 23.4 Å². The quantitative estimate of drug-likeness (QED) is 0.532. The molecule has 0 bridgehead atoms.